The van der Waals surface area contributed by atoms with Crippen molar-refractivity contribution >= 4 is 34.3 Å². The first kappa shape index (κ1) is 37.4. The molecule has 0 amide bonds. The van der Waals surface area contributed by atoms with Gasteiger partial charge in [0, 0.05) is 28.7 Å². The van der Waals surface area contributed by atoms with Crippen molar-refractivity contribution < 1.29 is 24.1 Å². The van der Waals surface area contributed by atoms with Gasteiger partial charge in [-0.25, -0.2) is 9.78 Å². The molecule has 0 spiro atoms. The third-order valence-electron chi connectivity index (χ3n) is 9.90. The molecular formula is C41H52N2O6S. The Morgan fingerprint density at radius 1 is 0.960 bits per heavy atom. The van der Waals surface area contributed by atoms with Crippen LogP contribution in [-0.2, 0) is 39.4 Å². The minimum absolute atomic E-state index is 0.101. The molecule has 2 aromatic heterocycles. The smallest absolute Gasteiger partial charge is 0.357 e. The molecule has 0 bridgehead atoms. The summed E-state index contributed by atoms with van der Waals surface area (Å²) >= 11 is 5.40. The van der Waals surface area contributed by atoms with Gasteiger partial charge in [-0.15, -0.1) is 0 Å². The van der Waals surface area contributed by atoms with Crippen LogP contribution in [0.3, 0.4) is 0 Å². The SMILES string of the molecule is CCCCCC=CCC=CCCCCCCCCOC(=S)Oc1ccc2nc3c(c(CC)c2c1)Cn1c-3cc2c(c1=O)COC(=O)[C@]2(O)CC. The van der Waals surface area contributed by atoms with E-state index >= 15 is 0 Å². The quantitative estimate of drug-likeness (QED) is 0.0475. The first-order valence-electron chi connectivity index (χ1n) is 18.6. The largest absolute Gasteiger partial charge is 0.458 e. The summed E-state index contributed by atoms with van der Waals surface area (Å²) in [4.78, 5) is 31.1. The van der Waals surface area contributed by atoms with Crippen molar-refractivity contribution in [1.82, 2.24) is 9.55 Å². The molecule has 0 aliphatic carbocycles. The molecule has 1 aromatic carbocycles. The number of hydrogen-bond acceptors (Lipinski definition) is 8. The Hall–Kier alpha value is -3.82. The second-order valence-electron chi connectivity index (χ2n) is 13.3. The van der Waals surface area contributed by atoms with Crippen LogP contribution >= 0.6 is 12.2 Å². The van der Waals surface area contributed by atoms with Crippen molar-refractivity contribution in [3.8, 4) is 17.1 Å². The molecule has 0 unspecified atom stereocenters. The first-order chi connectivity index (χ1) is 24.3. The maximum absolute atomic E-state index is 13.6. The molecule has 1 N–H and O–H groups in total. The molecule has 5 rings (SSSR count). The van der Waals surface area contributed by atoms with Gasteiger partial charge < -0.3 is 23.9 Å². The van der Waals surface area contributed by atoms with Crippen molar-refractivity contribution in [3.05, 3.63) is 81.2 Å². The number of carbonyl (C=O) groups excluding carboxylic acids is 1. The fraction of sp³-hybridized carbons (Fsp3) is 0.512. The highest BCUT2D eigenvalue weighted by Gasteiger charge is 2.45. The van der Waals surface area contributed by atoms with Gasteiger partial charge in [0.05, 0.1) is 35.6 Å². The molecular weight excluding hydrogens is 649 g/mol. The summed E-state index contributed by atoms with van der Waals surface area (Å²) in [6.07, 6.45) is 24.3. The number of thiocarbonyl (C=S) groups is 1. The van der Waals surface area contributed by atoms with Gasteiger partial charge in [-0.1, -0.05) is 83.6 Å². The van der Waals surface area contributed by atoms with Crippen molar-refractivity contribution in [2.45, 2.75) is 129 Å². The zero-order valence-electron chi connectivity index (χ0n) is 29.9. The molecule has 9 heteroatoms. The third kappa shape index (κ3) is 8.55. The highest BCUT2D eigenvalue weighted by Crippen LogP contribution is 2.40. The van der Waals surface area contributed by atoms with Gasteiger partial charge in [0.15, 0.2) is 5.60 Å². The van der Waals surface area contributed by atoms with E-state index < -0.39 is 11.6 Å². The number of fused-ring (bicyclic) bond motifs is 5. The van der Waals surface area contributed by atoms with Crippen LogP contribution in [0.15, 0.2) is 53.4 Å². The van der Waals surface area contributed by atoms with Crippen molar-refractivity contribution in [1.29, 1.82) is 0 Å². The number of rotatable bonds is 18. The molecule has 8 nitrogen and oxygen atoms in total. The lowest BCUT2D eigenvalue weighted by atomic mass is 9.86. The number of pyridine rings is 2. The normalized spacial score (nSPS) is 16.5. The molecule has 4 heterocycles. The number of nitrogens with zero attached hydrogens (tertiary/aromatic N) is 2. The molecule has 50 heavy (non-hydrogen) atoms. The number of aromatic nitrogens is 2. The molecule has 2 aliphatic rings. The Balaban J connectivity index is 1.10. The number of cyclic esters (lactones) is 1. The third-order valence-corrected chi connectivity index (χ3v) is 10.1. The molecule has 0 radical (unpaired) electrons. The van der Waals surface area contributed by atoms with Crippen LogP contribution in [0.4, 0.5) is 0 Å². The van der Waals surface area contributed by atoms with Crippen molar-refractivity contribution in [2.24, 2.45) is 0 Å². The molecule has 3 aromatic rings. The lowest BCUT2D eigenvalue weighted by molar-refractivity contribution is -0.172. The molecule has 0 saturated heterocycles. The summed E-state index contributed by atoms with van der Waals surface area (Å²) < 4.78 is 18.5. The monoisotopic (exact) mass is 700 g/mol. The fourth-order valence-electron chi connectivity index (χ4n) is 6.98. The second kappa shape index (κ2) is 17.9. The molecule has 0 saturated carbocycles. The standard InChI is InChI=1S/C41H52N2O6S/c1-4-7-8-9-10-11-12-13-14-15-16-17-18-19-20-21-24-47-40(50)49-29-22-23-35-31(25-29)30(5-2)32-27-43-36(37(32)42-35)26-34-33(38(43)44)28-48-39(45)41(34,46)6-3/h10-11,13-14,22-23,25-26,46H,4-9,12,15-21,24,27-28H2,1-3H3/t41-/m0/s1. The molecule has 268 valence electrons. The van der Waals surface area contributed by atoms with Gasteiger partial charge >= 0.3 is 11.2 Å². The molecule has 1 atom stereocenters. The van der Waals surface area contributed by atoms with Crippen LogP contribution in [-0.4, -0.2) is 32.5 Å². The van der Waals surface area contributed by atoms with Crippen LogP contribution in [0, 0.1) is 0 Å². The van der Waals surface area contributed by atoms with E-state index in [0.29, 0.717) is 47.8 Å². The lowest BCUT2D eigenvalue weighted by Crippen LogP contribution is -2.44. The zero-order valence-corrected chi connectivity index (χ0v) is 30.7. The molecule has 2 aliphatic heterocycles. The number of unbranched alkanes of at least 4 members (excludes halogenated alkanes) is 9. The minimum Gasteiger partial charge on any atom is -0.458 e. The number of hydrogen-bond donors (Lipinski definition) is 1. The fourth-order valence-corrected chi connectivity index (χ4v) is 7.16. The van der Waals surface area contributed by atoms with Crippen LogP contribution in [0.1, 0.15) is 126 Å². The number of aliphatic hydroxyl groups is 1. The van der Waals surface area contributed by atoms with Gasteiger partial charge in [-0.3, -0.25) is 4.79 Å². The highest BCUT2D eigenvalue weighted by atomic mass is 32.1. The minimum atomic E-state index is -1.86. The topological polar surface area (TPSA) is 99.9 Å². The van der Waals surface area contributed by atoms with E-state index in [1.165, 1.54) is 51.4 Å². The Morgan fingerprint density at radius 2 is 1.68 bits per heavy atom. The van der Waals surface area contributed by atoms with E-state index in [2.05, 4.69) is 38.2 Å². The summed E-state index contributed by atoms with van der Waals surface area (Å²) in [5, 5.41) is 12.2. The van der Waals surface area contributed by atoms with Gasteiger partial charge in [0.25, 0.3) is 5.56 Å². The van der Waals surface area contributed by atoms with Crippen LogP contribution < -0.4 is 10.3 Å². The van der Waals surface area contributed by atoms with Crippen molar-refractivity contribution in [2.75, 3.05) is 6.61 Å². The van der Waals surface area contributed by atoms with E-state index in [9.17, 15) is 14.7 Å². The van der Waals surface area contributed by atoms with Gasteiger partial charge in [0.2, 0.25) is 0 Å². The van der Waals surface area contributed by atoms with Gasteiger partial charge in [-0.2, -0.15) is 0 Å². The average molecular weight is 701 g/mol. The van der Waals surface area contributed by atoms with Crippen LogP contribution in [0.5, 0.6) is 5.75 Å². The number of benzene rings is 1. The number of ether oxygens (including phenoxy) is 3. The summed E-state index contributed by atoms with van der Waals surface area (Å²) in [6.45, 7) is 6.73. The van der Waals surface area contributed by atoms with E-state index in [1.807, 2.05) is 18.2 Å². The number of allylic oxidation sites excluding steroid dienone is 4. The average Bonchev–Trinajstić information content (AvgIpc) is 3.48. The highest BCUT2D eigenvalue weighted by molar-refractivity contribution is 7.79. The van der Waals surface area contributed by atoms with E-state index in [-0.39, 0.29) is 23.8 Å². The second-order valence-corrected chi connectivity index (χ2v) is 13.7. The Morgan fingerprint density at radius 3 is 2.40 bits per heavy atom. The van der Waals surface area contributed by atoms with E-state index in [4.69, 9.17) is 31.4 Å². The summed E-state index contributed by atoms with van der Waals surface area (Å²) in [5.74, 6) is -0.158. The Labute approximate surface area is 301 Å². The summed E-state index contributed by atoms with van der Waals surface area (Å²) in [6, 6.07) is 7.37. The van der Waals surface area contributed by atoms with E-state index in [0.717, 1.165) is 47.7 Å². The maximum Gasteiger partial charge on any atom is 0.357 e. The molecule has 0 fully saturated rings. The Bertz CT molecular complexity index is 1790. The lowest BCUT2D eigenvalue weighted by Gasteiger charge is -2.31. The van der Waals surface area contributed by atoms with Crippen LogP contribution in [0.2, 0.25) is 0 Å². The Kier molecular flexibility index (Phi) is 13.4. The first-order valence-corrected chi connectivity index (χ1v) is 19.0. The predicted molar refractivity (Wildman–Crippen MR) is 202 cm³/mol. The number of carbonyl (C=O) groups is 1. The van der Waals surface area contributed by atoms with Crippen molar-refractivity contribution in [3.63, 3.8) is 0 Å². The van der Waals surface area contributed by atoms with E-state index in [1.54, 1.807) is 17.6 Å². The van der Waals surface area contributed by atoms with Gasteiger partial charge in [0.1, 0.15) is 12.4 Å². The number of esters is 1. The number of aryl methyl sites for hydroxylation is 1. The predicted octanol–water partition coefficient (Wildman–Crippen LogP) is 9.14. The van der Waals surface area contributed by atoms with Gasteiger partial charge in [-0.05, 0) is 81.2 Å². The summed E-state index contributed by atoms with van der Waals surface area (Å²) in [7, 11) is 0. The zero-order chi connectivity index (χ0) is 35.5. The maximum atomic E-state index is 13.6. The summed E-state index contributed by atoms with van der Waals surface area (Å²) in [5.41, 5.74) is 2.54. The van der Waals surface area contributed by atoms with Crippen LogP contribution in [0.25, 0.3) is 22.3 Å².